The van der Waals surface area contributed by atoms with Crippen molar-refractivity contribution in [3.63, 3.8) is 0 Å². The fraction of sp³-hybridized carbons (Fsp3) is 0.438. The summed E-state index contributed by atoms with van der Waals surface area (Å²) in [5, 5.41) is 2.78. The normalized spacial score (nSPS) is 11.8. The van der Waals surface area contributed by atoms with Gasteiger partial charge in [0.15, 0.2) is 6.61 Å². The third-order valence-corrected chi connectivity index (χ3v) is 3.71. The summed E-state index contributed by atoms with van der Waals surface area (Å²) in [4.78, 5) is 35.6. The molecule has 0 aliphatic carbocycles. The van der Waals surface area contributed by atoms with Crippen LogP contribution in [0.5, 0.6) is 0 Å². The average molecular weight is 391 g/mol. The van der Waals surface area contributed by atoms with Crippen LogP contribution in [0.2, 0.25) is 10.0 Å². The van der Waals surface area contributed by atoms with Crippen molar-refractivity contribution in [2.75, 3.05) is 19.5 Å². The van der Waals surface area contributed by atoms with Crippen LogP contribution in [-0.4, -0.2) is 37.6 Å². The van der Waals surface area contributed by atoms with E-state index < -0.39 is 30.5 Å². The molecule has 0 aliphatic rings. The van der Waals surface area contributed by atoms with Crippen LogP contribution in [0.1, 0.15) is 30.6 Å². The molecule has 0 spiro atoms. The third kappa shape index (κ3) is 6.43. The number of ether oxygens (including phenoxy) is 2. The minimum Gasteiger partial charge on any atom is -0.467 e. The van der Waals surface area contributed by atoms with Gasteiger partial charge in [0.25, 0.3) is 5.91 Å². The standard InChI is InChI=1S/C16H20Cl2N2O5/c1-8(2)4-12(16(23)24-3)20-13(21)7-25-15(22)10-5-9(17)6-11(18)14(10)19/h5-6,8,12H,4,7,19H2,1-3H3,(H,20,21)/t12-/m0/s1. The fourth-order valence-corrected chi connectivity index (χ4v) is 2.52. The lowest BCUT2D eigenvalue weighted by Crippen LogP contribution is -2.44. The molecule has 1 rings (SSSR count). The first-order valence-electron chi connectivity index (χ1n) is 7.44. The molecule has 0 fully saturated rings. The van der Waals surface area contributed by atoms with Gasteiger partial charge in [-0.1, -0.05) is 37.0 Å². The van der Waals surface area contributed by atoms with Gasteiger partial charge in [-0.15, -0.1) is 0 Å². The Morgan fingerprint density at radius 3 is 2.44 bits per heavy atom. The highest BCUT2D eigenvalue weighted by Crippen LogP contribution is 2.28. The van der Waals surface area contributed by atoms with E-state index in [-0.39, 0.29) is 27.2 Å². The van der Waals surface area contributed by atoms with E-state index in [1.165, 1.54) is 19.2 Å². The Kier molecular flexibility index (Phi) is 7.99. The van der Waals surface area contributed by atoms with E-state index in [0.717, 1.165) is 0 Å². The molecule has 0 aliphatic heterocycles. The lowest BCUT2D eigenvalue weighted by molar-refractivity contribution is -0.145. The summed E-state index contributed by atoms with van der Waals surface area (Å²) < 4.78 is 9.54. The van der Waals surface area contributed by atoms with Gasteiger partial charge in [0, 0.05) is 5.02 Å². The molecule has 1 atom stereocenters. The van der Waals surface area contributed by atoms with E-state index in [1.54, 1.807) is 0 Å². The monoisotopic (exact) mass is 390 g/mol. The largest absolute Gasteiger partial charge is 0.467 e. The van der Waals surface area contributed by atoms with Gasteiger partial charge >= 0.3 is 11.9 Å². The van der Waals surface area contributed by atoms with Crippen molar-refractivity contribution >= 4 is 46.7 Å². The van der Waals surface area contributed by atoms with Crippen molar-refractivity contribution in [3.05, 3.63) is 27.7 Å². The van der Waals surface area contributed by atoms with Crippen LogP contribution in [0.15, 0.2) is 12.1 Å². The smallest absolute Gasteiger partial charge is 0.340 e. The highest BCUT2D eigenvalue weighted by Gasteiger charge is 2.23. The maximum Gasteiger partial charge on any atom is 0.340 e. The Bertz CT molecular complexity index is 664. The number of carbonyl (C=O) groups excluding carboxylic acids is 3. The lowest BCUT2D eigenvalue weighted by atomic mass is 10.0. The number of methoxy groups -OCH3 is 1. The first-order chi connectivity index (χ1) is 11.6. The Balaban J connectivity index is 2.69. The highest BCUT2D eigenvalue weighted by molar-refractivity contribution is 6.37. The lowest BCUT2D eigenvalue weighted by Gasteiger charge is -2.18. The van der Waals surface area contributed by atoms with Crippen LogP contribution in [0.3, 0.4) is 0 Å². The van der Waals surface area contributed by atoms with Gasteiger partial charge in [-0.25, -0.2) is 9.59 Å². The number of hydrogen-bond donors (Lipinski definition) is 2. The molecule has 9 heteroatoms. The highest BCUT2D eigenvalue weighted by atomic mass is 35.5. The van der Waals surface area contributed by atoms with Crippen molar-refractivity contribution in [1.29, 1.82) is 0 Å². The number of hydrogen-bond acceptors (Lipinski definition) is 6. The molecule has 0 saturated heterocycles. The van der Waals surface area contributed by atoms with E-state index in [0.29, 0.717) is 6.42 Å². The summed E-state index contributed by atoms with van der Waals surface area (Å²) >= 11 is 11.7. The summed E-state index contributed by atoms with van der Waals surface area (Å²) in [5.41, 5.74) is 5.66. The van der Waals surface area contributed by atoms with Crippen LogP contribution in [0.25, 0.3) is 0 Å². The molecule has 0 saturated carbocycles. The fourth-order valence-electron chi connectivity index (χ4n) is 2.03. The van der Waals surface area contributed by atoms with Crippen LogP contribution < -0.4 is 11.1 Å². The SMILES string of the molecule is COC(=O)[C@H](CC(C)C)NC(=O)COC(=O)c1cc(Cl)cc(Cl)c1N. The van der Waals surface area contributed by atoms with Crippen LogP contribution in [0, 0.1) is 5.92 Å². The predicted octanol–water partition coefficient (Wildman–Crippen LogP) is 2.44. The third-order valence-electron chi connectivity index (χ3n) is 3.18. The van der Waals surface area contributed by atoms with E-state index >= 15 is 0 Å². The first kappa shape index (κ1) is 21.1. The molecule has 0 bridgehead atoms. The molecular formula is C16H20Cl2N2O5. The van der Waals surface area contributed by atoms with Crippen molar-refractivity contribution in [3.8, 4) is 0 Å². The Hall–Kier alpha value is -1.99. The van der Waals surface area contributed by atoms with Crippen LogP contribution in [-0.2, 0) is 19.1 Å². The Labute approximate surface area is 155 Å². The summed E-state index contributed by atoms with van der Waals surface area (Å²) in [6.07, 6.45) is 0.392. The molecule has 7 nitrogen and oxygen atoms in total. The molecule has 0 radical (unpaired) electrons. The number of rotatable bonds is 7. The van der Waals surface area contributed by atoms with Gasteiger partial charge in [-0.2, -0.15) is 0 Å². The molecule has 0 unspecified atom stereocenters. The number of halogens is 2. The minimum atomic E-state index is -0.851. The molecule has 1 aromatic rings. The molecular weight excluding hydrogens is 371 g/mol. The van der Waals surface area contributed by atoms with E-state index in [1.807, 2.05) is 13.8 Å². The van der Waals surface area contributed by atoms with Crippen molar-refractivity contribution in [2.45, 2.75) is 26.3 Å². The quantitative estimate of drug-likeness (QED) is 0.546. The van der Waals surface area contributed by atoms with E-state index in [4.69, 9.17) is 33.7 Å². The number of carbonyl (C=O) groups is 3. The number of esters is 2. The van der Waals surface area contributed by atoms with E-state index in [9.17, 15) is 14.4 Å². The number of amides is 1. The topological polar surface area (TPSA) is 108 Å². The van der Waals surface area contributed by atoms with Gasteiger partial charge in [-0.05, 0) is 24.5 Å². The zero-order valence-corrected chi connectivity index (χ0v) is 15.6. The average Bonchev–Trinajstić information content (AvgIpc) is 2.54. The molecule has 25 heavy (non-hydrogen) atoms. The van der Waals surface area contributed by atoms with Gasteiger partial charge < -0.3 is 20.5 Å². The van der Waals surface area contributed by atoms with E-state index in [2.05, 4.69) is 10.1 Å². The maximum atomic E-state index is 12.0. The molecule has 0 aromatic heterocycles. The molecule has 0 heterocycles. The second-order valence-corrected chi connectivity index (χ2v) is 6.54. The Morgan fingerprint density at radius 2 is 1.88 bits per heavy atom. The molecule has 1 aromatic carbocycles. The Morgan fingerprint density at radius 1 is 1.24 bits per heavy atom. The first-order valence-corrected chi connectivity index (χ1v) is 8.20. The summed E-state index contributed by atoms with van der Waals surface area (Å²) in [6.45, 7) is 3.20. The second kappa shape index (κ2) is 9.48. The van der Waals surface area contributed by atoms with Crippen molar-refractivity contribution in [2.24, 2.45) is 5.92 Å². The minimum absolute atomic E-state index is 0.00344. The predicted molar refractivity (Wildman–Crippen MR) is 94.6 cm³/mol. The van der Waals surface area contributed by atoms with Gasteiger partial charge in [0.05, 0.1) is 23.4 Å². The van der Waals surface area contributed by atoms with Crippen LogP contribution in [0.4, 0.5) is 5.69 Å². The second-order valence-electron chi connectivity index (χ2n) is 5.70. The summed E-state index contributed by atoms with van der Waals surface area (Å²) in [7, 11) is 1.23. The zero-order chi connectivity index (χ0) is 19.1. The molecule has 3 N–H and O–H groups in total. The van der Waals surface area contributed by atoms with Crippen LogP contribution >= 0.6 is 23.2 Å². The maximum absolute atomic E-state index is 12.0. The van der Waals surface area contributed by atoms with Gasteiger partial charge in [0.2, 0.25) is 0 Å². The molecule has 1 amide bonds. The van der Waals surface area contributed by atoms with Gasteiger partial charge in [-0.3, -0.25) is 4.79 Å². The zero-order valence-electron chi connectivity index (χ0n) is 14.1. The van der Waals surface area contributed by atoms with Crippen molar-refractivity contribution in [1.82, 2.24) is 5.32 Å². The number of benzene rings is 1. The van der Waals surface area contributed by atoms with Crippen molar-refractivity contribution < 1.29 is 23.9 Å². The number of nitrogens with two attached hydrogens (primary N) is 1. The van der Waals surface area contributed by atoms with Gasteiger partial charge in [0.1, 0.15) is 6.04 Å². The number of nitrogen functional groups attached to an aromatic ring is 1. The summed E-state index contributed by atoms with van der Waals surface area (Å²) in [5.74, 6) is -1.91. The summed E-state index contributed by atoms with van der Waals surface area (Å²) in [6, 6.07) is 1.86. The number of anilines is 1. The number of nitrogens with one attached hydrogen (secondary N) is 1. The molecule has 138 valence electrons.